The smallest absolute Gasteiger partial charge is 0.407 e. The molecular weight excluding hydrogens is 616 g/mol. The van der Waals surface area contributed by atoms with Crippen molar-refractivity contribution in [1.82, 2.24) is 20.4 Å². The monoisotopic (exact) mass is 670 g/mol. The maximum absolute atomic E-state index is 14.0. The van der Waals surface area contributed by atoms with Gasteiger partial charge in [0.25, 0.3) is 0 Å². The molecule has 1 unspecified atom stereocenters. The Bertz CT molecular complexity index is 1050. The van der Waals surface area contributed by atoms with Crippen LogP contribution < -0.4 is 10.6 Å². The third-order valence-corrected chi connectivity index (χ3v) is 10.2. The summed E-state index contributed by atoms with van der Waals surface area (Å²) in [4.78, 5) is 40.4. The molecule has 1 aromatic rings. The highest BCUT2D eigenvalue weighted by Gasteiger charge is 2.35. The van der Waals surface area contributed by atoms with Gasteiger partial charge in [-0.1, -0.05) is 62.8 Å². The van der Waals surface area contributed by atoms with Gasteiger partial charge in [-0.05, 0) is 55.2 Å². The molecule has 2 rings (SSSR count). The van der Waals surface area contributed by atoms with Crippen LogP contribution in [0.1, 0.15) is 50.7 Å². The van der Waals surface area contributed by atoms with Gasteiger partial charge in [-0.25, -0.2) is 14.4 Å². The molecule has 0 aliphatic carbocycles. The number of rotatable bonds is 18. The number of carboxylic acid groups (broad SMARTS) is 1. The summed E-state index contributed by atoms with van der Waals surface area (Å²) in [6, 6.07) is 7.94. The van der Waals surface area contributed by atoms with Crippen molar-refractivity contribution in [1.29, 1.82) is 0 Å². The van der Waals surface area contributed by atoms with Crippen LogP contribution in [0.15, 0.2) is 24.3 Å². The summed E-state index contributed by atoms with van der Waals surface area (Å²) in [5.41, 5.74) is 0.877. The van der Waals surface area contributed by atoms with Crippen molar-refractivity contribution in [3.63, 3.8) is 0 Å². The van der Waals surface area contributed by atoms with Gasteiger partial charge in [-0.15, -0.1) is 0 Å². The van der Waals surface area contributed by atoms with Crippen molar-refractivity contribution in [2.24, 2.45) is 11.8 Å². The number of ether oxygens (including phenoxy) is 3. The Labute approximate surface area is 275 Å². The molecule has 0 radical (unpaired) electrons. The maximum Gasteiger partial charge on any atom is 0.407 e. The second kappa shape index (κ2) is 19.9. The first-order chi connectivity index (χ1) is 21.3. The third kappa shape index (κ3) is 14.6. The molecule has 1 saturated heterocycles. The summed E-state index contributed by atoms with van der Waals surface area (Å²) in [5.74, 6) is 0.345. The van der Waals surface area contributed by atoms with Crippen LogP contribution in [0.4, 0.5) is 14.4 Å². The summed E-state index contributed by atoms with van der Waals surface area (Å²) < 4.78 is 16.7. The molecule has 1 aliphatic heterocycles. The molecule has 256 valence electrons. The molecule has 3 N–H and O–H groups in total. The van der Waals surface area contributed by atoms with Gasteiger partial charge in [0.2, 0.25) is 0 Å². The number of hydrogen-bond acceptors (Lipinski definition) is 6. The molecule has 1 heterocycles. The van der Waals surface area contributed by atoms with Crippen LogP contribution in [-0.2, 0) is 14.2 Å². The van der Waals surface area contributed by atoms with Gasteiger partial charge in [-0.2, -0.15) is 0 Å². The molecule has 11 nitrogen and oxygen atoms in total. The summed E-state index contributed by atoms with van der Waals surface area (Å²) >= 11 is 6.29. The highest BCUT2D eigenvalue weighted by molar-refractivity contribution is 6.76. The first-order valence-corrected chi connectivity index (χ1v) is 20.2. The van der Waals surface area contributed by atoms with E-state index in [0.717, 1.165) is 43.9 Å². The number of likely N-dealkylation sites (N-methyl/N-ethyl adjacent to an activating group) is 1. The van der Waals surface area contributed by atoms with Crippen LogP contribution in [0.25, 0.3) is 0 Å². The van der Waals surface area contributed by atoms with E-state index in [9.17, 15) is 19.5 Å². The summed E-state index contributed by atoms with van der Waals surface area (Å²) in [6.45, 7) is 12.1. The van der Waals surface area contributed by atoms with Crippen molar-refractivity contribution in [2.45, 2.75) is 76.9 Å². The molecule has 0 saturated carbocycles. The number of urea groups is 1. The van der Waals surface area contributed by atoms with E-state index in [1.165, 1.54) is 12.0 Å². The number of nitrogens with zero attached hydrogens (tertiary/aromatic N) is 2. The van der Waals surface area contributed by atoms with E-state index < -0.39 is 20.3 Å². The predicted molar refractivity (Wildman–Crippen MR) is 180 cm³/mol. The number of halogens is 1. The fourth-order valence-electron chi connectivity index (χ4n) is 5.72. The zero-order valence-electron chi connectivity index (χ0n) is 28.0. The van der Waals surface area contributed by atoms with Gasteiger partial charge in [0.05, 0.1) is 25.9 Å². The van der Waals surface area contributed by atoms with Crippen molar-refractivity contribution < 1.29 is 33.7 Å². The molecule has 1 aliphatic rings. The van der Waals surface area contributed by atoms with Crippen molar-refractivity contribution in [3.8, 4) is 0 Å². The number of carbonyl (C=O) groups excluding carboxylic acids is 2. The lowest BCUT2D eigenvalue weighted by Gasteiger charge is -2.39. The first-order valence-electron chi connectivity index (χ1n) is 16.1. The van der Waals surface area contributed by atoms with E-state index in [1.807, 2.05) is 25.1 Å². The highest BCUT2D eigenvalue weighted by Crippen LogP contribution is 2.32. The van der Waals surface area contributed by atoms with Crippen LogP contribution in [0.3, 0.4) is 0 Å². The Balaban J connectivity index is 2.25. The van der Waals surface area contributed by atoms with Crippen molar-refractivity contribution >= 4 is 37.9 Å². The van der Waals surface area contributed by atoms with E-state index in [2.05, 4.69) is 35.0 Å². The number of benzene rings is 1. The normalized spacial score (nSPS) is 17.1. The Morgan fingerprint density at radius 1 is 1.20 bits per heavy atom. The molecule has 4 atom stereocenters. The van der Waals surface area contributed by atoms with Gasteiger partial charge < -0.3 is 39.8 Å². The minimum Gasteiger partial charge on any atom is -0.465 e. The van der Waals surface area contributed by atoms with Crippen molar-refractivity contribution in [2.75, 3.05) is 60.2 Å². The van der Waals surface area contributed by atoms with Crippen LogP contribution in [-0.4, -0.2) is 107 Å². The lowest BCUT2D eigenvalue weighted by Crippen LogP contribution is -2.54. The van der Waals surface area contributed by atoms with Gasteiger partial charge in [0.1, 0.15) is 0 Å². The molecule has 0 spiro atoms. The molecule has 1 aromatic carbocycles. The molecule has 4 amide bonds. The zero-order chi connectivity index (χ0) is 33.4. The zero-order valence-corrected chi connectivity index (χ0v) is 29.7. The minimum atomic E-state index is -1.40. The second-order valence-corrected chi connectivity index (χ2v) is 19.1. The molecular formula is C32H55ClN4O7Si. The fraction of sp³-hybridized carbons (Fsp3) is 0.719. The number of carbonyl (C=O) groups is 3. The Hall–Kier alpha value is -2.54. The van der Waals surface area contributed by atoms with Crippen molar-refractivity contribution in [3.05, 3.63) is 34.9 Å². The first kappa shape index (κ1) is 38.6. The lowest BCUT2D eigenvalue weighted by atomic mass is 9.80. The van der Waals surface area contributed by atoms with Crippen LogP contribution in [0, 0.1) is 11.8 Å². The quantitative estimate of drug-likeness (QED) is 0.123. The van der Waals surface area contributed by atoms with Gasteiger partial charge >= 0.3 is 18.2 Å². The molecule has 45 heavy (non-hydrogen) atoms. The Kier molecular flexibility index (Phi) is 17.0. The topological polar surface area (TPSA) is 130 Å². The molecule has 1 fully saturated rings. The van der Waals surface area contributed by atoms with E-state index in [-0.39, 0.29) is 49.7 Å². The number of nitrogens with one attached hydrogen (secondary N) is 2. The largest absolute Gasteiger partial charge is 0.465 e. The predicted octanol–water partition coefficient (Wildman–Crippen LogP) is 6.31. The van der Waals surface area contributed by atoms with E-state index in [4.69, 9.17) is 21.1 Å². The lowest BCUT2D eigenvalue weighted by molar-refractivity contribution is 0.0180. The van der Waals surface area contributed by atoms with Crippen LogP contribution in [0.5, 0.6) is 0 Å². The molecule has 13 heteroatoms. The van der Waals surface area contributed by atoms with E-state index >= 15 is 0 Å². The molecule has 0 bridgehead atoms. The SMILES string of the molecule is CCCN(CC[C@@H](OCCNC(=O)OC)c1cccc(Cl)c1)C(=O)N[C@H](CN(C)C(=O)O)C(CC[Si](C)(C)C)[C@H]1CCCOC1. The standard InChI is InChI=1S/C32H55ClN4O7Si/c1-7-16-37(17-13-29(24-10-8-12-26(33)21-24)44-19-15-34-31(39)42-3)30(38)35-28(22-36(2)32(40)41)27(14-20-45(4,5)6)25-11-9-18-43-23-25/h8,10,12,21,25,27-29H,7,9,11,13-20,22-23H2,1-6H3,(H,34,39)(H,35,38)(H,40,41)/t25-,27?,28+,29+/m0/s1. The second-order valence-electron chi connectivity index (χ2n) is 13.1. The van der Waals surface area contributed by atoms with E-state index in [1.54, 1.807) is 18.0 Å². The van der Waals surface area contributed by atoms with Gasteiger partial charge in [-0.3, -0.25) is 0 Å². The van der Waals surface area contributed by atoms with E-state index in [0.29, 0.717) is 31.1 Å². The van der Waals surface area contributed by atoms with Crippen LogP contribution >= 0.6 is 11.6 Å². The summed E-state index contributed by atoms with van der Waals surface area (Å²) in [5, 5.41) is 16.2. The summed E-state index contributed by atoms with van der Waals surface area (Å²) in [7, 11) is 1.46. The summed E-state index contributed by atoms with van der Waals surface area (Å²) in [6.07, 6.45) is 2.22. The number of amides is 4. The number of hydrogen-bond donors (Lipinski definition) is 3. The average Bonchev–Trinajstić information content (AvgIpc) is 2.99. The molecule has 0 aromatic heterocycles. The third-order valence-electron chi connectivity index (χ3n) is 8.19. The Morgan fingerprint density at radius 3 is 2.56 bits per heavy atom. The highest BCUT2D eigenvalue weighted by atomic mass is 35.5. The Morgan fingerprint density at radius 2 is 1.96 bits per heavy atom. The fourth-order valence-corrected chi connectivity index (χ4v) is 7.12. The van der Waals surface area contributed by atoms with Crippen LogP contribution in [0.2, 0.25) is 30.7 Å². The number of methoxy groups -OCH3 is 1. The minimum absolute atomic E-state index is 0.0936. The van der Waals surface area contributed by atoms with Gasteiger partial charge in [0.15, 0.2) is 0 Å². The average molecular weight is 671 g/mol. The van der Waals surface area contributed by atoms with Gasteiger partial charge in [0, 0.05) is 59.5 Å². The number of alkyl carbamates (subject to hydrolysis) is 1. The maximum atomic E-state index is 14.0.